The number of pyridine rings is 1. The fourth-order valence-electron chi connectivity index (χ4n) is 1.45. The zero-order valence-electron chi connectivity index (χ0n) is 8.59. The van der Waals surface area contributed by atoms with Gasteiger partial charge in [0, 0.05) is 10.8 Å². The number of thiol groups is 1. The summed E-state index contributed by atoms with van der Waals surface area (Å²) in [5, 5.41) is 0.175. The summed E-state index contributed by atoms with van der Waals surface area (Å²) in [4.78, 5) is 4.57. The van der Waals surface area contributed by atoms with Crippen LogP contribution in [0.4, 0.5) is 0 Å². The Morgan fingerprint density at radius 3 is 2.40 bits per heavy atom. The molecular formula is C13H13NS. The SMILES string of the molecule is CC(S)c1cccc(-c2ccccc2)n1. The number of hydrogen-bond donors (Lipinski definition) is 1. The normalized spacial score (nSPS) is 12.4. The van der Waals surface area contributed by atoms with E-state index in [-0.39, 0.29) is 5.25 Å². The molecule has 0 amide bonds. The van der Waals surface area contributed by atoms with Crippen molar-refractivity contribution in [3.05, 3.63) is 54.2 Å². The molecule has 0 bridgehead atoms. The molecule has 0 radical (unpaired) electrons. The molecule has 2 heteroatoms. The van der Waals surface area contributed by atoms with Crippen molar-refractivity contribution in [3.63, 3.8) is 0 Å². The lowest BCUT2D eigenvalue weighted by Crippen LogP contribution is -1.91. The maximum absolute atomic E-state index is 4.57. The third-order valence-corrected chi connectivity index (χ3v) is 2.53. The van der Waals surface area contributed by atoms with Crippen LogP contribution in [0.25, 0.3) is 11.3 Å². The maximum Gasteiger partial charge on any atom is 0.0705 e. The van der Waals surface area contributed by atoms with E-state index < -0.39 is 0 Å². The molecule has 0 fully saturated rings. The fourth-order valence-corrected chi connectivity index (χ4v) is 1.60. The summed E-state index contributed by atoms with van der Waals surface area (Å²) >= 11 is 4.38. The molecule has 0 spiro atoms. The van der Waals surface area contributed by atoms with Crippen LogP contribution < -0.4 is 0 Å². The average molecular weight is 215 g/mol. The molecule has 1 heterocycles. The molecule has 0 aliphatic rings. The van der Waals surface area contributed by atoms with Gasteiger partial charge in [0.05, 0.1) is 11.4 Å². The minimum Gasteiger partial charge on any atom is -0.252 e. The zero-order valence-corrected chi connectivity index (χ0v) is 9.49. The van der Waals surface area contributed by atoms with Crippen LogP contribution in [-0.2, 0) is 0 Å². The van der Waals surface area contributed by atoms with Gasteiger partial charge in [0.25, 0.3) is 0 Å². The van der Waals surface area contributed by atoms with E-state index in [0.717, 1.165) is 17.0 Å². The van der Waals surface area contributed by atoms with Crippen molar-refractivity contribution in [3.8, 4) is 11.3 Å². The summed E-state index contributed by atoms with van der Waals surface area (Å²) in [6.45, 7) is 2.03. The van der Waals surface area contributed by atoms with E-state index in [2.05, 4.69) is 29.7 Å². The lowest BCUT2D eigenvalue weighted by Gasteiger charge is -2.06. The number of rotatable bonds is 2. The highest BCUT2D eigenvalue weighted by atomic mass is 32.1. The van der Waals surface area contributed by atoms with Gasteiger partial charge in [-0.1, -0.05) is 36.4 Å². The van der Waals surface area contributed by atoms with E-state index in [9.17, 15) is 0 Å². The quantitative estimate of drug-likeness (QED) is 0.753. The van der Waals surface area contributed by atoms with E-state index in [0.29, 0.717) is 0 Å². The highest BCUT2D eigenvalue weighted by molar-refractivity contribution is 7.80. The van der Waals surface area contributed by atoms with Gasteiger partial charge in [-0.15, -0.1) is 0 Å². The Labute approximate surface area is 95.6 Å². The molecule has 2 aromatic rings. The van der Waals surface area contributed by atoms with Gasteiger partial charge in [0.1, 0.15) is 0 Å². The highest BCUT2D eigenvalue weighted by Crippen LogP contribution is 2.21. The predicted molar refractivity (Wildman–Crippen MR) is 67.1 cm³/mol. The second kappa shape index (κ2) is 4.49. The second-order valence-corrected chi connectivity index (χ2v) is 4.26. The van der Waals surface area contributed by atoms with Gasteiger partial charge in [-0.2, -0.15) is 12.6 Å². The molecule has 0 saturated carbocycles. The Morgan fingerprint density at radius 2 is 1.73 bits per heavy atom. The minimum atomic E-state index is 0.175. The smallest absolute Gasteiger partial charge is 0.0705 e. The zero-order chi connectivity index (χ0) is 10.7. The van der Waals surface area contributed by atoms with Crippen molar-refractivity contribution in [2.75, 3.05) is 0 Å². The summed E-state index contributed by atoms with van der Waals surface area (Å²) in [7, 11) is 0. The van der Waals surface area contributed by atoms with E-state index in [1.54, 1.807) is 0 Å². The van der Waals surface area contributed by atoms with Crippen molar-refractivity contribution >= 4 is 12.6 Å². The van der Waals surface area contributed by atoms with Crippen LogP contribution in [0.15, 0.2) is 48.5 Å². The highest BCUT2D eigenvalue weighted by Gasteiger charge is 2.03. The first-order valence-corrected chi connectivity index (χ1v) is 5.49. The van der Waals surface area contributed by atoms with Crippen LogP contribution >= 0.6 is 12.6 Å². The largest absolute Gasteiger partial charge is 0.252 e. The number of hydrogen-bond acceptors (Lipinski definition) is 2. The second-order valence-electron chi connectivity index (χ2n) is 3.49. The van der Waals surface area contributed by atoms with Crippen molar-refractivity contribution in [2.45, 2.75) is 12.2 Å². The molecule has 76 valence electrons. The van der Waals surface area contributed by atoms with Gasteiger partial charge in [-0.25, -0.2) is 0 Å². The van der Waals surface area contributed by atoms with Crippen LogP contribution in [-0.4, -0.2) is 4.98 Å². The Bertz CT molecular complexity index is 437. The van der Waals surface area contributed by atoms with Gasteiger partial charge >= 0.3 is 0 Å². The number of aromatic nitrogens is 1. The van der Waals surface area contributed by atoms with Gasteiger partial charge < -0.3 is 0 Å². The molecule has 1 nitrogen and oxygen atoms in total. The van der Waals surface area contributed by atoms with Crippen molar-refractivity contribution in [2.24, 2.45) is 0 Å². The maximum atomic E-state index is 4.57. The minimum absolute atomic E-state index is 0.175. The topological polar surface area (TPSA) is 12.9 Å². The molecule has 2 rings (SSSR count). The summed E-state index contributed by atoms with van der Waals surface area (Å²) in [5.74, 6) is 0. The van der Waals surface area contributed by atoms with E-state index >= 15 is 0 Å². The van der Waals surface area contributed by atoms with Crippen LogP contribution in [0.3, 0.4) is 0 Å². The average Bonchev–Trinajstić information content (AvgIpc) is 2.30. The molecule has 15 heavy (non-hydrogen) atoms. The molecule has 1 aromatic carbocycles. The fraction of sp³-hybridized carbons (Fsp3) is 0.154. The molecule has 0 aliphatic heterocycles. The van der Waals surface area contributed by atoms with Crippen molar-refractivity contribution in [1.29, 1.82) is 0 Å². The first-order chi connectivity index (χ1) is 7.27. The van der Waals surface area contributed by atoms with Crippen LogP contribution in [0.1, 0.15) is 17.9 Å². The summed E-state index contributed by atoms with van der Waals surface area (Å²) < 4.78 is 0. The van der Waals surface area contributed by atoms with Crippen molar-refractivity contribution < 1.29 is 0 Å². The van der Waals surface area contributed by atoms with Gasteiger partial charge in [0.2, 0.25) is 0 Å². The molecule has 1 unspecified atom stereocenters. The third kappa shape index (κ3) is 2.39. The molecular weight excluding hydrogens is 202 g/mol. The van der Waals surface area contributed by atoms with Crippen LogP contribution in [0.2, 0.25) is 0 Å². The van der Waals surface area contributed by atoms with Crippen molar-refractivity contribution in [1.82, 2.24) is 4.98 Å². The van der Waals surface area contributed by atoms with Crippen LogP contribution in [0, 0.1) is 0 Å². The Kier molecular flexibility index (Phi) is 3.07. The molecule has 0 saturated heterocycles. The standard InChI is InChI=1S/C13H13NS/c1-10(15)12-8-5-9-13(14-12)11-6-3-2-4-7-11/h2-10,15H,1H3. The Balaban J connectivity index is 2.42. The lowest BCUT2D eigenvalue weighted by molar-refractivity contribution is 1.02. The van der Waals surface area contributed by atoms with E-state index in [1.807, 2.05) is 43.3 Å². The van der Waals surface area contributed by atoms with Gasteiger partial charge in [-0.3, -0.25) is 4.98 Å². The monoisotopic (exact) mass is 215 g/mol. The molecule has 1 aromatic heterocycles. The van der Waals surface area contributed by atoms with E-state index in [4.69, 9.17) is 0 Å². The number of benzene rings is 1. The Hall–Kier alpha value is -1.28. The number of nitrogens with zero attached hydrogens (tertiary/aromatic N) is 1. The first-order valence-electron chi connectivity index (χ1n) is 4.98. The Morgan fingerprint density at radius 1 is 1.00 bits per heavy atom. The van der Waals surface area contributed by atoms with Gasteiger partial charge in [0.15, 0.2) is 0 Å². The van der Waals surface area contributed by atoms with E-state index in [1.165, 1.54) is 0 Å². The molecule has 0 aliphatic carbocycles. The summed E-state index contributed by atoms with van der Waals surface area (Å²) in [6.07, 6.45) is 0. The molecule has 0 N–H and O–H groups in total. The molecule has 1 atom stereocenters. The first kappa shape index (κ1) is 10.2. The van der Waals surface area contributed by atoms with Gasteiger partial charge in [-0.05, 0) is 19.1 Å². The summed E-state index contributed by atoms with van der Waals surface area (Å²) in [6, 6.07) is 16.2. The predicted octanol–water partition coefficient (Wildman–Crippen LogP) is 3.74. The van der Waals surface area contributed by atoms with Crippen LogP contribution in [0.5, 0.6) is 0 Å². The lowest BCUT2D eigenvalue weighted by atomic mass is 10.1. The summed E-state index contributed by atoms with van der Waals surface area (Å²) in [5.41, 5.74) is 3.17. The third-order valence-electron chi connectivity index (χ3n) is 2.27.